The highest BCUT2D eigenvalue weighted by Gasteiger charge is 2.36. The molecule has 1 aromatic carbocycles. The van der Waals surface area contributed by atoms with Crippen LogP contribution in [0.1, 0.15) is 32.6 Å². The van der Waals surface area contributed by atoms with Crippen molar-refractivity contribution < 1.29 is 18.3 Å². The van der Waals surface area contributed by atoms with Crippen molar-refractivity contribution in [2.45, 2.75) is 38.3 Å². The van der Waals surface area contributed by atoms with Crippen molar-refractivity contribution in [3.63, 3.8) is 0 Å². The van der Waals surface area contributed by atoms with Crippen molar-refractivity contribution in [1.29, 1.82) is 0 Å². The summed E-state index contributed by atoms with van der Waals surface area (Å²) in [4.78, 5) is 13.0. The first kappa shape index (κ1) is 22.2. The van der Waals surface area contributed by atoms with Gasteiger partial charge >= 0.3 is 0 Å². The Bertz CT molecular complexity index is 781. The quantitative estimate of drug-likeness (QED) is 0.277. The van der Waals surface area contributed by atoms with Gasteiger partial charge in [0.15, 0.2) is 0 Å². The maximum atomic E-state index is 12.8. The number of para-hydroxylation sites is 1. The van der Waals surface area contributed by atoms with Crippen molar-refractivity contribution >= 4 is 22.1 Å². The fourth-order valence-electron chi connectivity index (χ4n) is 3.10. The Morgan fingerprint density at radius 3 is 2.46 bits per heavy atom. The molecule has 1 fully saturated rings. The number of carbonyl (C=O) groups is 1. The third-order valence-electron chi connectivity index (χ3n) is 4.64. The fraction of sp³-hybridized carbons (Fsp3) is 0.550. The van der Waals surface area contributed by atoms with Crippen LogP contribution in [0.3, 0.4) is 0 Å². The molecule has 28 heavy (non-hydrogen) atoms. The predicted octanol–water partition coefficient (Wildman–Crippen LogP) is 1.16. The Kier molecular flexibility index (Phi) is 8.30. The summed E-state index contributed by atoms with van der Waals surface area (Å²) in [6.07, 6.45) is 3.75. The highest BCUT2D eigenvalue weighted by atomic mass is 32.2. The molecule has 0 aromatic heterocycles. The molecule has 1 aliphatic rings. The summed E-state index contributed by atoms with van der Waals surface area (Å²) in [5, 5.41) is 12.7. The molecule has 0 aliphatic carbocycles. The van der Waals surface area contributed by atoms with Crippen LogP contribution in [0, 0.1) is 11.8 Å². The number of aliphatic hydroxyl groups is 1. The van der Waals surface area contributed by atoms with Crippen molar-refractivity contribution in [3.05, 3.63) is 30.3 Å². The van der Waals surface area contributed by atoms with Crippen molar-refractivity contribution in [3.8, 4) is 11.8 Å². The molecule has 0 saturated carbocycles. The Morgan fingerprint density at radius 2 is 1.86 bits per heavy atom. The number of rotatable bonds is 9. The molecule has 154 valence electrons. The summed E-state index contributed by atoms with van der Waals surface area (Å²) >= 11 is 0. The molecule has 8 heteroatoms. The Balaban J connectivity index is 1.99. The highest BCUT2D eigenvalue weighted by Crippen LogP contribution is 2.18. The van der Waals surface area contributed by atoms with E-state index < -0.39 is 21.5 Å². The van der Waals surface area contributed by atoms with Gasteiger partial charge in [-0.1, -0.05) is 43.9 Å². The summed E-state index contributed by atoms with van der Waals surface area (Å²) in [6.45, 7) is 3.83. The van der Waals surface area contributed by atoms with Gasteiger partial charge < -0.3 is 15.3 Å². The highest BCUT2D eigenvalue weighted by molar-refractivity contribution is 7.89. The second-order valence-corrected chi connectivity index (χ2v) is 8.83. The summed E-state index contributed by atoms with van der Waals surface area (Å²) in [7, 11) is -3.78. The van der Waals surface area contributed by atoms with E-state index in [0.717, 1.165) is 24.9 Å². The van der Waals surface area contributed by atoms with Gasteiger partial charge in [-0.15, -0.1) is 0 Å². The number of piperazine rings is 1. The van der Waals surface area contributed by atoms with Gasteiger partial charge in [-0.05, 0) is 24.5 Å². The number of amides is 1. The molecule has 2 rings (SSSR count). The van der Waals surface area contributed by atoms with Crippen molar-refractivity contribution in [2.24, 2.45) is 0 Å². The normalized spacial score (nSPS) is 17.3. The molecule has 1 amide bonds. The molecular formula is C20H29N3O4S. The molecule has 1 heterocycles. The lowest BCUT2D eigenvalue weighted by atomic mass is 10.2. The summed E-state index contributed by atoms with van der Waals surface area (Å²) in [6, 6.07) is 9.82. The Hall–Kier alpha value is -2.08. The largest absolute Gasteiger partial charge is 0.369 e. The molecule has 1 atom stereocenters. The second kappa shape index (κ2) is 10.5. The van der Waals surface area contributed by atoms with Crippen molar-refractivity contribution in [1.82, 2.24) is 9.62 Å². The van der Waals surface area contributed by atoms with Gasteiger partial charge in [-0.3, -0.25) is 4.79 Å². The zero-order valence-corrected chi connectivity index (χ0v) is 17.1. The number of unbranched alkanes of at least 4 members (excludes halogenated alkanes) is 3. The van der Waals surface area contributed by atoms with E-state index in [1.54, 1.807) is 0 Å². The zero-order chi connectivity index (χ0) is 20.5. The SMILES string of the molecule is CCCCCC#CC(O)(CS(=O)(=O)N1CCN(c2ccccc2)CC1)NC=O. The van der Waals surface area contributed by atoms with Crippen LogP contribution < -0.4 is 10.2 Å². The smallest absolute Gasteiger partial charge is 0.220 e. The third kappa shape index (κ3) is 6.51. The van der Waals surface area contributed by atoms with Crippen LogP contribution in [0.5, 0.6) is 0 Å². The van der Waals surface area contributed by atoms with E-state index >= 15 is 0 Å². The molecule has 0 spiro atoms. The minimum Gasteiger partial charge on any atom is -0.369 e. The summed E-state index contributed by atoms with van der Waals surface area (Å²) < 4.78 is 26.9. The molecule has 1 aliphatic heterocycles. The van der Waals surface area contributed by atoms with Crippen LogP contribution in [0.2, 0.25) is 0 Å². The van der Waals surface area contributed by atoms with E-state index in [1.165, 1.54) is 4.31 Å². The van der Waals surface area contributed by atoms with Gasteiger partial charge in [-0.2, -0.15) is 4.31 Å². The maximum Gasteiger partial charge on any atom is 0.220 e. The third-order valence-corrected chi connectivity index (χ3v) is 6.58. The summed E-state index contributed by atoms with van der Waals surface area (Å²) in [5.41, 5.74) is -1.03. The Labute approximate surface area is 167 Å². The summed E-state index contributed by atoms with van der Waals surface area (Å²) in [5.74, 6) is 4.66. The van der Waals surface area contributed by atoms with Gasteiger partial charge in [0.25, 0.3) is 0 Å². The molecule has 1 unspecified atom stereocenters. The van der Waals surface area contributed by atoms with Gasteiger partial charge in [0.1, 0.15) is 5.75 Å². The molecule has 2 N–H and O–H groups in total. The van der Waals surface area contributed by atoms with Gasteiger partial charge in [0, 0.05) is 38.3 Å². The number of anilines is 1. The van der Waals surface area contributed by atoms with E-state index in [4.69, 9.17) is 0 Å². The van der Waals surface area contributed by atoms with Crippen LogP contribution >= 0.6 is 0 Å². The van der Waals surface area contributed by atoms with E-state index in [0.29, 0.717) is 32.6 Å². The molecule has 1 saturated heterocycles. The first-order valence-electron chi connectivity index (χ1n) is 9.62. The predicted molar refractivity (Wildman–Crippen MR) is 110 cm³/mol. The van der Waals surface area contributed by atoms with Gasteiger partial charge in [0.2, 0.25) is 22.2 Å². The number of hydrogen-bond acceptors (Lipinski definition) is 5. The van der Waals surface area contributed by atoms with Crippen LogP contribution in [0.25, 0.3) is 0 Å². The lowest BCUT2D eigenvalue weighted by Gasteiger charge is -2.36. The molecule has 1 aromatic rings. The van der Waals surface area contributed by atoms with Crippen LogP contribution in [-0.4, -0.2) is 61.9 Å². The van der Waals surface area contributed by atoms with E-state index in [1.807, 2.05) is 30.3 Å². The average Bonchev–Trinajstić information content (AvgIpc) is 2.68. The fourth-order valence-corrected chi connectivity index (χ4v) is 4.69. The minimum absolute atomic E-state index is 0.281. The van der Waals surface area contributed by atoms with Crippen LogP contribution in [0.15, 0.2) is 30.3 Å². The first-order valence-corrected chi connectivity index (χ1v) is 11.2. The van der Waals surface area contributed by atoms with Gasteiger partial charge in [-0.25, -0.2) is 8.42 Å². The zero-order valence-electron chi connectivity index (χ0n) is 16.3. The lowest BCUT2D eigenvalue weighted by molar-refractivity contribution is -0.113. The minimum atomic E-state index is -3.78. The van der Waals surface area contributed by atoms with Crippen LogP contribution in [-0.2, 0) is 14.8 Å². The number of carbonyl (C=O) groups excluding carboxylic acids is 1. The first-order chi connectivity index (χ1) is 13.4. The average molecular weight is 408 g/mol. The number of sulfonamides is 1. The number of nitrogens with one attached hydrogen (secondary N) is 1. The Morgan fingerprint density at radius 1 is 1.18 bits per heavy atom. The molecular weight excluding hydrogens is 378 g/mol. The molecule has 0 radical (unpaired) electrons. The standard InChI is InChI=1S/C20H29N3O4S/c1-2-3-4-5-9-12-20(25,21-18-24)17-28(26,27)23-15-13-22(14-16-23)19-10-7-6-8-11-19/h6-8,10-11,18,25H,2-5,13-17H2,1H3,(H,21,24). The number of benzene rings is 1. The van der Waals surface area contributed by atoms with Crippen molar-refractivity contribution in [2.75, 3.05) is 36.8 Å². The maximum absolute atomic E-state index is 12.8. The van der Waals surface area contributed by atoms with Gasteiger partial charge in [0.05, 0.1) is 0 Å². The van der Waals surface area contributed by atoms with E-state index in [2.05, 4.69) is 29.0 Å². The number of hydrogen-bond donors (Lipinski definition) is 2. The monoisotopic (exact) mass is 407 g/mol. The van der Waals surface area contributed by atoms with E-state index in [9.17, 15) is 18.3 Å². The molecule has 7 nitrogen and oxygen atoms in total. The van der Waals surface area contributed by atoms with Crippen LogP contribution in [0.4, 0.5) is 5.69 Å². The molecule has 0 bridgehead atoms. The second-order valence-electron chi connectivity index (χ2n) is 6.86. The topological polar surface area (TPSA) is 89.9 Å². The lowest BCUT2D eigenvalue weighted by Crippen LogP contribution is -2.55. The van der Waals surface area contributed by atoms with E-state index in [-0.39, 0.29) is 6.41 Å². The number of nitrogens with zero attached hydrogens (tertiary/aromatic N) is 2.